The van der Waals surface area contributed by atoms with E-state index in [1.54, 1.807) is 6.92 Å². The van der Waals surface area contributed by atoms with E-state index in [1.807, 2.05) is 0 Å². The maximum atomic E-state index is 13.9. The summed E-state index contributed by atoms with van der Waals surface area (Å²) in [5, 5.41) is 2.65. The highest BCUT2D eigenvalue weighted by atomic mass is 19.4. The molecule has 0 unspecified atom stereocenters. The fourth-order valence-electron chi connectivity index (χ4n) is 2.01. The number of aryl methyl sites for hydroxylation is 1. The topological polar surface area (TPSA) is 54.9 Å². The van der Waals surface area contributed by atoms with Crippen molar-refractivity contribution >= 4 is 11.7 Å². The van der Waals surface area contributed by atoms with Gasteiger partial charge in [-0.1, -0.05) is 12.1 Å². The van der Waals surface area contributed by atoms with Gasteiger partial charge in [0.05, 0.1) is 16.8 Å². The van der Waals surface area contributed by atoms with E-state index < -0.39 is 17.6 Å². The molecule has 0 fully saturated rings. The van der Waals surface area contributed by atoms with Crippen LogP contribution in [0.2, 0.25) is 0 Å². The van der Waals surface area contributed by atoms with Crippen LogP contribution in [0.15, 0.2) is 24.4 Å². The van der Waals surface area contributed by atoms with Crippen LogP contribution in [-0.4, -0.2) is 15.8 Å². The van der Waals surface area contributed by atoms with Gasteiger partial charge in [0.2, 0.25) is 5.95 Å². The molecule has 0 amide bonds. The molecule has 2 aromatic rings. The lowest BCUT2D eigenvalue weighted by atomic mass is 10.1. The van der Waals surface area contributed by atoms with E-state index in [2.05, 4.69) is 15.3 Å². The monoisotopic (exact) mass is 327 g/mol. The van der Waals surface area contributed by atoms with Gasteiger partial charge in [0, 0.05) is 18.3 Å². The first-order chi connectivity index (χ1) is 10.7. The smallest absolute Gasteiger partial charge is 0.350 e. The largest absolute Gasteiger partial charge is 0.419 e. The first-order valence-corrected chi connectivity index (χ1v) is 6.63. The van der Waals surface area contributed by atoms with Crippen LogP contribution in [0.5, 0.6) is 0 Å². The van der Waals surface area contributed by atoms with Gasteiger partial charge in [-0.3, -0.25) is 4.79 Å². The van der Waals surface area contributed by atoms with Crippen LogP contribution in [0.3, 0.4) is 0 Å². The van der Waals surface area contributed by atoms with E-state index >= 15 is 0 Å². The zero-order chi connectivity index (χ0) is 17.2. The lowest BCUT2D eigenvalue weighted by Crippen LogP contribution is -2.12. The highest BCUT2D eigenvalue weighted by molar-refractivity contribution is 5.94. The van der Waals surface area contributed by atoms with E-state index in [1.165, 1.54) is 19.2 Å². The van der Waals surface area contributed by atoms with Gasteiger partial charge in [-0.25, -0.2) is 14.4 Å². The van der Waals surface area contributed by atoms with Gasteiger partial charge < -0.3 is 5.32 Å². The summed E-state index contributed by atoms with van der Waals surface area (Å²) in [6, 6.07) is 3.06. The number of hydrogen-bond donors (Lipinski definition) is 1. The lowest BCUT2D eigenvalue weighted by Gasteiger charge is -2.12. The van der Waals surface area contributed by atoms with Crippen molar-refractivity contribution in [3.8, 4) is 0 Å². The summed E-state index contributed by atoms with van der Waals surface area (Å²) in [6.45, 7) is 2.76. The van der Waals surface area contributed by atoms with E-state index in [-0.39, 0.29) is 23.8 Å². The molecule has 1 heterocycles. The molecule has 0 spiro atoms. The standard InChI is InChI=1S/C15H13F4N3O/c1-8-11(9(2)23)7-21-14(22-8)20-6-10-4-3-5-12(13(10)16)15(17,18)19/h3-5,7H,6H2,1-2H3,(H,20,21,22). The van der Waals surface area contributed by atoms with Crippen molar-refractivity contribution < 1.29 is 22.4 Å². The second-order valence-electron chi connectivity index (χ2n) is 4.88. The van der Waals surface area contributed by atoms with Gasteiger partial charge in [-0.2, -0.15) is 13.2 Å². The van der Waals surface area contributed by atoms with Crippen LogP contribution in [-0.2, 0) is 12.7 Å². The summed E-state index contributed by atoms with van der Waals surface area (Å²) in [5.41, 5.74) is -0.696. The third-order valence-electron chi connectivity index (χ3n) is 3.18. The van der Waals surface area contributed by atoms with Crippen molar-refractivity contribution in [1.82, 2.24) is 9.97 Å². The number of anilines is 1. The van der Waals surface area contributed by atoms with E-state index in [0.717, 1.165) is 6.07 Å². The molecule has 0 saturated heterocycles. The highest BCUT2D eigenvalue weighted by Gasteiger charge is 2.34. The third kappa shape index (κ3) is 3.82. The maximum Gasteiger partial charge on any atom is 0.419 e. The Bertz CT molecular complexity index is 744. The van der Waals surface area contributed by atoms with Crippen molar-refractivity contribution in [3.05, 3.63) is 52.6 Å². The van der Waals surface area contributed by atoms with Crippen molar-refractivity contribution in [2.75, 3.05) is 5.32 Å². The molecule has 0 aliphatic carbocycles. The molecule has 1 aromatic heterocycles. The van der Waals surface area contributed by atoms with Crippen molar-refractivity contribution in [2.45, 2.75) is 26.6 Å². The Kier molecular flexibility index (Phi) is 4.63. The number of hydrogen-bond acceptors (Lipinski definition) is 4. The molecule has 122 valence electrons. The number of carbonyl (C=O) groups is 1. The quantitative estimate of drug-likeness (QED) is 0.686. The van der Waals surface area contributed by atoms with Gasteiger partial charge >= 0.3 is 6.18 Å². The van der Waals surface area contributed by atoms with Crippen molar-refractivity contribution in [2.24, 2.45) is 0 Å². The van der Waals surface area contributed by atoms with E-state index in [9.17, 15) is 22.4 Å². The Balaban J connectivity index is 2.19. The summed E-state index contributed by atoms with van der Waals surface area (Å²) in [7, 11) is 0. The molecule has 0 atom stereocenters. The fraction of sp³-hybridized carbons (Fsp3) is 0.267. The van der Waals surface area contributed by atoms with Crippen LogP contribution < -0.4 is 5.32 Å². The highest BCUT2D eigenvalue weighted by Crippen LogP contribution is 2.32. The van der Waals surface area contributed by atoms with Crippen LogP contribution in [0.4, 0.5) is 23.5 Å². The number of nitrogens with zero attached hydrogens (tertiary/aromatic N) is 2. The van der Waals surface area contributed by atoms with Crippen LogP contribution in [0.1, 0.15) is 34.1 Å². The molecular formula is C15H13F4N3O. The molecule has 8 heteroatoms. The molecule has 1 N–H and O–H groups in total. The van der Waals surface area contributed by atoms with Gasteiger partial charge in [-0.15, -0.1) is 0 Å². The second-order valence-corrected chi connectivity index (χ2v) is 4.88. The molecule has 1 aromatic carbocycles. The number of ketones is 1. The summed E-state index contributed by atoms with van der Waals surface area (Å²) in [4.78, 5) is 19.2. The minimum atomic E-state index is -4.75. The molecule has 0 radical (unpaired) electrons. The van der Waals surface area contributed by atoms with Gasteiger partial charge in [-0.05, 0) is 19.9 Å². The van der Waals surface area contributed by atoms with Crippen LogP contribution in [0.25, 0.3) is 0 Å². The summed E-state index contributed by atoms with van der Waals surface area (Å²) < 4.78 is 51.8. The Morgan fingerprint density at radius 1 is 1.30 bits per heavy atom. The van der Waals surface area contributed by atoms with Gasteiger partial charge in [0.25, 0.3) is 0 Å². The number of rotatable bonds is 4. The molecule has 0 saturated carbocycles. The maximum absolute atomic E-state index is 13.9. The minimum absolute atomic E-state index is 0.101. The average molecular weight is 327 g/mol. The number of carbonyl (C=O) groups excluding carboxylic acids is 1. The van der Waals surface area contributed by atoms with E-state index in [0.29, 0.717) is 17.3 Å². The summed E-state index contributed by atoms with van der Waals surface area (Å²) >= 11 is 0. The Labute approximate surface area is 129 Å². The van der Waals surface area contributed by atoms with Crippen molar-refractivity contribution in [1.29, 1.82) is 0 Å². The zero-order valence-electron chi connectivity index (χ0n) is 12.3. The Morgan fingerprint density at radius 3 is 2.57 bits per heavy atom. The Morgan fingerprint density at radius 2 is 2.00 bits per heavy atom. The normalized spacial score (nSPS) is 11.4. The van der Waals surface area contributed by atoms with Gasteiger partial charge in [0.15, 0.2) is 5.78 Å². The molecule has 0 aliphatic heterocycles. The third-order valence-corrected chi connectivity index (χ3v) is 3.18. The first-order valence-electron chi connectivity index (χ1n) is 6.63. The van der Waals surface area contributed by atoms with E-state index in [4.69, 9.17) is 0 Å². The first kappa shape index (κ1) is 16.9. The second kappa shape index (κ2) is 6.31. The molecule has 23 heavy (non-hydrogen) atoms. The number of benzene rings is 1. The van der Waals surface area contributed by atoms with Crippen molar-refractivity contribution in [3.63, 3.8) is 0 Å². The number of aromatic nitrogens is 2. The minimum Gasteiger partial charge on any atom is -0.350 e. The van der Waals surface area contributed by atoms with Crippen LogP contribution >= 0.6 is 0 Å². The Hall–Kier alpha value is -2.51. The molecule has 4 nitrogen and oxygen atoms in total. The average Bonchev–Trinajstić information content (AvgIpc) is 2.44. The fourth-order valence-corrected chi connectivity index (χ4v) is 2.01. The molecular weight excluding hydrogens is 314 g/mol. The molecule has 0 aliphatic rings. The zero-order valence-corrected chi connectivity index (χ0v) is 12.3. The number of Topliss-reactive ketones (excluding diaryl/α,β-unsaturated/α-hetero) is 1. The number of halogens is 4. The summed E-state index contributed by atoms with van der Waals surface area (Å²) in [5.74, 6) is -1.42. The lowest BCUT2D eigenvalue weighted by molar-refractivity contribution is -0.140. The summed E-state index contributed by atoms with van der Waals surface area (Å²) in [6.07, 6.45) is -3.44. The predicted octanol–water partition coefficient (Wildman–Crippen LogP) is 3.76. The molecule has 2 rings (SSSR count). The number of alkyl halides is 3. The van der Waals surface area contributed by atoms with Gasteiger partial charge in [0.1, 0.15) is 5.82 Å². The number of nitrogens with one attached hydrogen (secondary N) is 1. The molecule has 0 bridgehead atoms. The predicted molar refractivity (Wildman–Crippen MR) is 75.5 cm³/mol. The SMILES string of the molecule is CC(=O)c1cnc(NCc2cccc(C(F)(F)F)c2F)nc1C. The van der Waals surface area contributed by atoms with Crippen LogP contribution in [0, 0.1) is 12.7 Å².